The third-order valence-corrected chi connectivity index (χ3v) is 4.28. The van der Waals surface area contributed by atoms with Crippen LogP contribution in [0.1, 0.15) is 36.7 Å². The van der Waals surface area contributed by atoms with Gasteiger partial charge in [0.1, 0.15) is 5.60 Å². The lowest BCUT2D eigenvalue weighted by atomic mass is 9.78. The Morgan fingerprint density at radius 1 is 1.11 bits per heavy atom. The fraction of sp³-hybridized carbons (Fsp3) is 0.529. The van der Waals surface area contributed by atoms with Gasteiger partial charge in [0.25, 0.3) is 0 Å². The molecule has 2 rings (SSSR count). The first kappa shape index (κ1) is 20.9. The first-order chi connectivity index (χ1) is 12.3. The molecule has 1 aromatic carbocycles. The summed E-state index contributed by atoms with van der Waals surface area (Å²) in [6.45, 7) is 2.54. The van der Waals surface area contributed by atoms with Gasteiger partial charge in [-0.05, 0) is 33.3 Å². The molecule has 0 radical (unpaired) electrons. The number of amides is 1. The van der Waals surface area contributed by atoms with Gasteiger partial charge in [0.15, 0.2) is 0 Å². The SMILES string of the molecule is Cc1c(C(=O)O)cc([B-](F)(F)F)cc1N1CCN(C(=O)OC(C)(C)C)CC1. The van der Waals surface area contributed by atoms with E-state index in [2.05, 4.69) is 0 Å². The maximum Gasteiger partial charge on any atom is 0.509 e. The zero-order valence-corrected chi connectivity index (χ0v) is 15.8. The Bertz CT molecular complexity index is 739. The minimum absolute atomic E-state index is 0.230. The number of anilines is 1. The fourth-order valence-electron chi connectivity index (χ4n) is 2.92. The summed E-state index contributed by atoms with van der Waals surface area (Å²) in [6.07, 6.45) is -0.475. The molecule has 0 unspecified atom stereocenters. The third kappa shape index (κ3) is 5.08. The third-order valence-electron chi connectivity index (χ3n) is 4.28. The Labute approximate surface area is 155 Å². The van der Waals surface area contributed by atoms with E-state index in [-0.39, 0.29) is 43.0 Å². The van der Waals surface area contributed by atoms with Gasteiger partial charge in [-0.3, -0.25) is 0 Å². The van der Waals surface area contributed by atoms with E-state index in [9.17, 15) is 27.6 Å². The van der Waals surface area contributed by atoms with Crippen molar-refractivity contribution in [1.82, 2.24) is 4.90 Å². The number of aromatic carboxylic acids is 1. The predicted molar refractivity (Wildman–Crippen MR) is 96.9 cm³/mol. The van der Waals surface area contributed by atoms with Gasteiger partial charge >= 0.3 is 19.0 Å². The zero-order chi connectivity index (χ0) is 20.6. The molecule has 0 aromatic heterocycles. The Hall–Kier alpha value is -2.39. The Morgan fingerprint density at radius 2 is 1.67 bits per heavy atom. The van der Waals surface area contributed by atoms with Crippen LogP contribution in [-0.2, 0) is 4.74 Å². The second-order valence-electron chi connectivity index (χ2n) is 7.55. The maximum absolute atomic E-state index is 13.2. The van der Waals surface area contributed by atoms with Crippen LogP contribution < -0.4 is 10.4 Å². The summed E-state index contributed by atoms with van der Waals surface area (Å²) in [4.78, 5) is 26.6. The molecule has 150 valence electrons. The van der Waals surface area contributed by atoms with Gasteiger partial charge in [0.05, 0.1) is 5.56 Å². The van der Waals surface area contributed by atoms with Crippen LogP contribution in [0.4, 0.5) is 23.4 Å². The van der Waals surface area contributed by atoms with Gasteiger partial charge in [-0.25, -0.2) is 9.59 Å². The first-order valence-electron chi connectivity index (χ1n) is 8.60. The van der Waals surface area contributed by atoms with Crippen molar-refractivity contribution in [2.45, 2.75) is 33.3 Å². The molecule has 10 heteroatoms. The van der Waals surface area contributed by atoms with Crippen molar-refractivity contribution in [3.63, 3.8) is 0 Å². The van der Waals surface area contributed by atoms with Crippen LogP contribution in [-0.4, -0.2) is 60.8 Å². The average Bonchev–Trinajstić information content (AvgIpc) is 2.52. The van der Waals surface area contributed by atoms with Crippen molar-refractivity contribution in [3.8, 4) is 0 Å². The second kappa shape index (κ2) is 7.32. The van der Waals surface area contributed by atoms with Crippen LogP contribution >= 0.6 is 0 Å². The molecular formula is C17H23BF3N2O4-. The lowest BCUT2D eigenvalue weighted by Crippen LogP contribution is -2.50. The molecule has 0 aliphatic carbocycles. The number of carboxylic acids is 1. The highest BCUT2D eigenvalue weighted by Gasteiger charge is 2.31. The smallest absolute Gasteiger partial charge is 0.478 e. The van der Waals surface area contributed by atoms with E-state index in [1.807, 2.05) is 0 Å². The van der Waals surface area contributed by atoms with Crippen molar-refractivity contribution < 1.29 is 32.4 Å². The lowest BCUT2D eigenvalue weighted by molar-refractivity contribution is 0.0240. The number of hydrogen-bond donors (Lipinski definition) is 1. The molecule has 1 heterocycles. The highest BCUT2D eigenvalue weighted by atomic mass is 19.4. The normalized spacial score (nSPS) is 15.7. The molecule has 0 bridgehead atoms. The molecule has 1 fully saturated rings. The molecule has 27 heavy (non-hydrogen) atoms. The van der Waals surface area contributed by atoms with Crippen LogP contribution in [0.5, 0.6) is 0 Å². The van der Waals surface area contributed by atoms with Crippen molar-refractivity contribution in [2.75, 3.05) is 31.1 Å². The van der Waals surface area contributed by atoms with Crippen LogP contribution in [0.15, 0.2) is 12.1 Å². The van der Waals surface area contributed by atoms with E-state index >= 15 is 0 Å². The molecular weight excluding hydrogens is 364 g/mol. The van der Waals surface area contributed by atoms with Crippen LogP contribution in [0, 0.1) is 6.92 Å². The van der Waals surface area contributed by atoms with Gasteiger partial charge in [-0.2, -0.15) is 0 Å². The molecule has 6 nitrogen and oxygen atoms in total. The summed E-state index contributed by atoms with van der Waals surface area (Å²) in [5.74, 6) is -1.40. The summed E-state index contributed by atoms with van der Waals surface area (Å²) in [5.41, 5.74) is -1.44. The summed E-state index contributed by atoms with van der Waals surface area (Å²) in [6, 6.07) is 1.67. The van der Waals surface area contributed by atoms with Gasteiger partial charge in [-0.15, -0.1) is 5.46 Å². The summed E-state index contributed by atoms with van der Waals surface area (Å²) in [5, 5.41) is 9.25. The van der Waals surface area contributed by atoms with E-state index in [4.69, 9.17) is 4.74 Å². The van der Waals surface area contributed by atoms with Crippen LogP contribution in [0.25, 0.3) is 0 Å². The minimum Gasteiger partial charge on any atom is -0.478 e. The van der Waals surface area contributed by atoms with E-state index in [1.54, 1.807) is 25.7 Å². The molecule has 0 saturated carbocycles. The number of piperazine rings is 1. The molecule has 1 amide bonds. The molecule has 1 N–H and O–H groups in total. The molecule has 1 aliphatic heterocycles. The standard InChI is InChI=1S/C17H23BF3N2O4/c1-11-13(15(24)25)9-12(18(19,20)21)10-14(11)22-5-7-23(8-6-22)16(26)27-17(2,3)4/h9-10H,5-8H2,1-4H3,(H,24,25)/q-1. The number of carboxylic acid groups (broad SMARTS) is 1. The van der Waals surface area contributed by atoms with Crippen molar-refractivity contribution in [3.05, 3.63) is 23.3 Å². The Kier molecular flexibility index (Phi) is 5.67. The minimum atomic E-state index is -5.33. The van der Waals surface area contributed by atoms with Gasteiger partial charge in [0, 0.05) is 31.9 Å². The quantitative estimate of drug-likeness (QED) is 0.808. The van der Waals surface area contributed by atoms with Crippen molar-refractivity contribution in [1.29, 1.82) is 0 Å². The Balaban J connectivity index is 2.24. The van der Waals surface area contributed by atoms with Crippen molar-refractivity contribution >= 4 is 30.2 Å². The average molecular weight is 387 g/mol. The number of carbonyl (C=O) groups is 2. The number of ether oxygens (including phenoxy) is 1. The lowest BCUT2D eigenvalue weighted by Gasteiger charge is -2.38. The first-order valence-corrected chi connectivity index (χ1v) is 8.60. The number of nitrogens with zero attached hydrogens (tertiary/aromatic N) is 2. The molecule has 0 spiro atoms. The fourth-order valence-corrected chi connectivity index (χ4v) is 2.92. The van der Waals surface area contributed by atoms with Gasteiger partial charge in [-0.1, -0.05) is 12.1 Å². The number of hydrogen-bond acceptors (Lipinski definition) is 4. The monoisotopic (exact) mass is 387 g/mol. The molecule has 1 aromatic rings. The topological polar surface area (TPSA) is 70.1 Å². The van der Waals surface area contributed by atoms with E-state index in [1.165, 1.54) is 11.8 Å². The maximum atomic E-state index is 13.2. The highest BCUT2D eigenvalue weighted by molar-refractivity contribution is 6.73. The van der Waals surface area contributed by atoms with E-state index in [0.29, 0.717) is 6.07 Å². The van der Waals surface area contributed by atoms with E-state index in [0.717, 1.165) is 6.07 Å². The predicted octanol–water partition coefficient (Wildman–Crippen LogP) is 2.80. The number of rotatable bonds is 3. The number of halogens is 3. The summed E-state index contributed by atoms with van der Waals surface area (Å²) >= 11 is 0. The molecule has 1 aliphatic rings. The summed E-state index contributed by atoms with van der Waals surface area (Å²) in [7, 11) is 0. The molecule has 0 atom stereocenters. The van der Waals surface area contributed by atoms with Crippen molar-refractivity contribution in [2.24, 2.45) is 0 Å². The largest absolute Gasteiger partial charge is 0.509 e. The van der Waals surface area contributed by atoms with Gasteiger partial charge < -0.3 is 32.6 Å². The van der Waals surface area contributed by atoms with Crippen LogP contribution in [0.2, 0.25) is 0 Å². The second-order valence-corrected chi connectivity index (χ2v) is 7.55. The number of benzene rings is 1. The number of carbonyl (C=O) groups excluding carboxylic acids is 1. The molecule has 1 saturated heterocycles. The highest BCUT2D eigenvalue weighted by Crippen LogP contribution is 2.26. The van der Waals surface area contributed by atoms with Gasteiger partial charge in [0.2, 0.25) is 0 Å². The Morgan fingerprint density at radius 3 is 2.11 bits per heavy atom. The van der Waals surface area contributed by atoms with E-state index < -0.39 is 30.1 Å². The van der Waals surface area contributed by atoms with Crippen LogP contribution in [0.3, 0.4) is 0 Å². The summed E-state index contributed by atoms with van der Waals surface area (Å²) < 4.78 is 45.0. The zero-order valence-electron chi connectivity index (χ0n) is 15.8.